The first kappa shape index (κ1) is 36.9. The zero-order valence-electron chi connectivity index (χ0n) is 35.4. The summed E-state index contributed by atoms with van der Waals surface area (Å²) >= 11 is 0. The zero-order valence-corrected chi connectivity index (χ0v) is 35.4. The van der Waals surface area contributed by atoms with Gasteiger partial charge in [-0.15, -0.1) is 0 Å². The fourth-order valence-electron chi connectivity index (χ4n) is 10.2. The molecule has 0 aliphatic heterocycles. The van der Waals surface area contributed by atoms with Crippen molar-refractivity contribution in [3.05, 3.63) is 243 Å². The summed E-state index contributed by atoms with van der Waals surface area (Å²) in [5, 5.41) is 9.40. The molecule has 0 spiro atoms. The summed E-state index contributed by atoms with van der Waals surface area (Å²) in [5.74, 6) is 0. The highest BCUT2D eigenvalue weighted by Crippen LogP contribution is 2.50. The van der Waals surface area contributed by atoms with Gasteiger partial charge in [0.25, 0.3) is 0 Å². The van der Waals surface area contributed by atoms with Crippen LogP contribution in [0, 0.1) is 0 Å². The number of hydrogen-bond donors (Lipinski definition) is 0. The Bertz CT molecular complexity index is 3920. The molecule has 0 fully saturated rings. The normalized spacial score (nSPS) is 11.7. The second kappa shape index (κ2) is 15.0. The van der Waals surface area contributed by atoms with E-state index >= 15 is 0 Å². The maximum atomic E-state index is 7.08. The molecule has 2 aromatic heterocycles. The summed E-state index contributed by atoms with van der Waals surface area (Å²) in [4.78, 5) is 2.45. The molecule has 0 unspecified atom stereocenters. The molecule has 3 heteroatoms. The molecule has 0 saturated carbocycles. The van der Waals surface area contributed by atoms with E-state index < -0.39 is 0 Å². The minimum absolute atomic E-state index is 0.854. The van der Waals surface area contributed by atoms with Gasteiger partial charge in [0.2, 0.25) is 0 Å². The highest BCUT2D eigenvalue weighted by Gasteiger charge is 2.26. The number of para-hydroxylation sites is 4. The van der Waals surface area contributed by atoms with Crippen LogP contribution >= 0.6 is 0 Å². The lowest BCUT2D eigenvalue weighted by Crippen LogP contribution is -2.12. The van der Waals surface area contributed by atoms with Crippen molar-refractivity contribution in [1.82, 2.24) is 4.57 Å². The van der Waals surface area contributed by atoms with Crippen molar-refractivity contribution in [1.29, 1.82) is 0 Å². The highest BCUT2D eigenvalue weighted by atomic mass is 16.3. The monoisotopic (exact) mass is 828 g/mol. The van der Waals surface area contributed by atoms with E-state index in [0.29, 0.717) is 0 Å². The van der Waals surface area contributed by atoms with Crippen LogP contribution in [0.4, 0.5) is 17.1 Å². The van der Waals surface area contributed by atoms with Gasteiger partial charge in [-0.05, 0) is 110 Å². The van der Waals surface area contributed by atoms with Gasteiger partial charge in [-0.3, -0.25) is 0 Å². The van der Waals surface area contributed by atoms with Gasteiger partial charge in [0, 0.05) is 33.1 Å². The maximum absolute atomic E-state index is 7.08. The number of furan rings is 1. The largest absolute Gasteiger partial charge is 0.455 e. The van der Waals surface area contributed by atoms with Crippen molar-refractivity contribution in [3.63, 3.8) is 0 Å². The number of hydrogen-bond acceptors (Lipinski definition) is 2. The molecule has 0 bridgehead atoms. The van der Waals surface area contributed by atoms with Crippen LogP contribution in [0.5, 0.6) is 0 Å². The van der Waals surface area contributed by atoms with Crippen LogP contribution in [0.15, 0.2) is 247 Å². The Balaban J connectivity index is 1.08. The molecule has 304 valence electrons. The van der Waals surface area contributed by atoms with E-state index in [1.54, 1.807) is 0 Å². The number of aromatic nitrogens is 1. The molecule has 13 aromatic rings. The third kappa shape index (κ3) is 5.97. The lowest BCUT2D eigenvalue weighted by molar-refractivity contribution is 0.670. The van der Waals surface area contributed by atoms with Crippen molar-refractivity contribution in [2.45, 2.75) is 0 Å². The molecular formula is C62H40N2O. The smallest absolute Gasteiger partial charge is 0.145 e. The SMILES string of the molecule is c1ccc(-c2ccc(-c3ccc(N(c4ccc(-c5cc6ccccc6c6ccccc56)c5oc6ccccc6c45)c4cccc5c6ccccc6n(-c6ccccc6)c45)cc3)cc2)cc1. The third-order valence-electron chi connectivity index (χ3n) is 13.2. The van der Waals surface area contributed by atoms with Crippen LogP contribution in [0.2, 0.25) is 0 Å². The quantitative estimate of drug-likeness (QED) is 0.149. The average molecular weight is 829 g/mol. The van der Waals surface area contributed by atoms with E-state index in [9.17, 15) is 0 Å². The van der Waals surface area contributed by atoms with E-state index in [-0.39, 0.29) is 0 Å². The number of nitrogens with zero attached hydrogens (tertiary/aromatic N) is 2. The van der Waals surface area contributed by atoms with Gasteiger partial charge < -0.3 is 13.9 Å². The Labute approximate surface area is 376 Å². The fraction of sp³-hybridized carbons (Fsp3) is 0. The number of anilines is 3. The molecule has 3 nitrogen and oxygen atoms in total. The van der Waals surface area contributed by atoms with Crippen molar-refractivity contribution in [2.24, 2.45) is 0 Å². The van der Waals surface area contributed by atoms with Gasteiger partial charge in [-0.2, -0.15) is 0 Å². The van der Waals surface area contributed by atoms with Crippen LogP contribution in [0.3, 0.4) is 0 Å². The molecular weight excluding hydrogens is 789 g/mol. The molecule has 2 heterocycles. The Morgan fingerprint density at radius 1 is 0.354 bits per heavy atom. The molecule has 0 N–H and O–H groups in total. The lowest BCUT2D eigenvalue weighted by Gasteiger charge is -2.28. The summed E-state index contributed by atoms with van der Waals surface area (Å²) in [5.41, 5.74) is 15.2. The molecule has 0 radical (unpaired) electrons. The standard InChI is InChI=1S/C62H40N2O/c1-3-16-41(17-4-1)42-30-32-43(33-31-42)44-34-36-47(37-35-44)63(58-28-15-26-52-51-24-11-13-27-56(51)64(61(52)58)46-19-5-2-6-20-46)57-39-38-53(62-60(57)54-25-12-14-29-59(54)65-62)55-40-45-18-7-8-21-48(45)49-22-9-10-23-50(49)55/h1-40H. The minimum Gasteiger partial charge on any atom is -0.455 e. The molecule has 11 aromatic carbocycles. The molecule has 0 atom stereocenters. The van der Waals surface area contributed by atoms with E-state index in [1.807, 2.05) is 0 Å². The van der Waals surface area contributed by atoms with E-state index in [2.05, 4.69) is 252 Å². The molecule has 0 aliphatic carbocycles. The highest BCUT2D eigenvalue weighted by molar-refractivity contribution is 6.22. The van der Waals surface area contributed by atoms with Gasteiger partial charge in [-0.1, -0.05) is 182 Å². The molecule has 65 heavy (non-hydrogen) atoms. The Morgan fingerprint density at radius 2 is 0.923 bits per heavy atom. The van der Waals surface area contributed by atoms with Crippen LogP contribution in [0.25, 0.3) is 104 Å². The van der Waals surface area contributed by atoms with Crippen LogP contribution in [0.1, 0.15) is 0 Å². The zero-order chi connectivity index (χ0) is 42.8. The first-order valence-corrected chi connectivity index (χ1v) is 22.3. The lowest BCUT2D eigenvalue weighted by atomic mass is 9.92. The molecule has 13 rings (SSSR count). The fourth-order valence-corrected chi connectivity index (χ4v) is 10.2. The Hall–Kier alpha value is -8.66. The Kier molecular flexibility index (Phi) is 8.53. The maximum Gasteiger partial charge on any atom is 0.145 e. The Morgan fingerprint density at radius 3 is 1.68 bits per heavy atom. The van der Waals surface area contributed by atoms with Gasteiger partial charge in [0.05, 0.1) is 27.8 Å². The summed E-state index contributed by atoms with van der Waals surface area (Å²) in [6.07, 6.45) is 0. The third-order valence-corrected chi connectivity index (χ3v) is 13.2. The number of benzene rings is 11. The second-order valence-corrected chi connectivity index (χ2v) is 16.8. The van der Waals surface area contributed by atoms with Crippen molar-refractivity contribution in [2.75, 3.05) is 4.90 Å². The predicted octanol–water partition coefficient (Wildman–Crippen LogP) is 17.5. The van der Waals surface area contributed by atoms with Gasteiger partial charge >= 0.3 is 0 Å². The molecule has 0 aliphatic rings. The predicted molar refractivity (Wildman–Crippen MR) is 274 cm³/mol. The average Bonchev–Trinajstić information content (AvgIpc) is 3.94. The van der Waals surface area contributed by atoms with Crippen molar-refractivity contribution >= 4 is 82.4 Å². The topological polar surface area (TPSA) is 21.3 Å². The van der Waals surface area contributed by atoms with Crippen LogP contribution in [-0.4, -0.2) is 4.57 Å². The van der Waals surface area contributed by atoms with Gasteiger partial charge in [0.15, 0.2) is 0 Å². The summed E-state index contributed by atoms with van der Waals surface area (Å²) in [6.45, 7) is 0. The molecule has 0 saturated heterocycles. The summed E-state index contributed by atoms with van der Waals surface area (Å²) in [7, 11) is 0. The first-order valence-electron chi connectivity index (χ1n) is 22.3. The molecule has 0 amide bonds. The van der Waals surface area contributed by atoms with Gasteiger partial charge in [0.1, 0.15) is 11.2 Å². The van der Waals surface area contributed by atoms with E-state index in [1.165, 1.54) is 49.0 Å². The van der Waals surface area contributed by atoms with Crippen molar-refractivity contribution in [3.8, 4) is 39.1 Å². The first-order chi connectivity index (χ1) is 32.3. The van der Waals surface area contributed by atoms with Crippen LogP contribution < -0.4 is 4.90 Å². The van der Waals surface area contributed by atoms with Crippen LogP contribution in [-0.2, 0) is 0 Å². The number of fused-ring (bicyclic) bond motifs is 9. The second-order valence-electron chi connectivity index (χ2n) is 16.8. The van der Waals surface area contributed by atoms with E-state index in [4.69, 9.17) is 4.42 Å². The number of rotatable bonds is 7. The minimum atomic E-state index is 0.854. The van der Waals surface area contributed by atoms with Crippen molar-refractivity contribution < 1.29 is 4.42 Å². The van der Waals surface area contributed by atoms with Gasteiger partial charge in [-0.25, -0.2) is 0 Å². The van der Waals surface area contributed by atoms with E-state index in [0.717, 1.165) is 72.4 Å². The summed E-state index contributed by atoms with van der Waals surface area (Å²) < 4.78 is 9.50. The summed E-state index contributed by atoms with van der Waals surface area (Å²) in [6, 6.07) is 87.6.